The van der Waals surface area contributed by atoms with Crippen molar-refractivity contribution in [1.29, 1.82) is 5.26 Å². The third-order valence-electron chi connectivity index (χ3n) is 1.42. The normalized spacial score (nSPS) is 8.62. The zero-order valence-electron chi connectivity index (χ0n) is 6.78. The largest absolute Gasteiger partial charge is 0.446 e. The van der Waals surface area contributed by atoms with Crippen LogP contribution < -0.4 is 5.32 Å². The highest BCUT2D eigenvalue weighted by molar-refractivity contribution is 5.86. The second-order valence-electron chi connectivity index (χ2n) is 2.21. The van der Waals surface area contributed by atoms with E-state index in [9.17, 15) is 4.79 Å². The Balaban J connectivity index is 2.89. The first kappa shape index (κ1) is 9.07. The molecule has 0 aliphatic carbocycles. The summed E-state index contributed by atoms with van der Waals surface area (Å²) < 4.78 is 4.14. The molecule has 65 valence electrons. The van der Waals surface area contributed by atoms with Crippen molar-refractivity contribution < 1.29 is 9.53 Å². The molecule has 1 amide bonds. The Kier molecular flexibility index (Phi) is 2.87. The Hall–Kier alpha value is -2.02. The molecular weight excluding hydrogens is 168 g/mol. The second kappa shape index (κ2) is 4.12. The number of nitriles is 1. The van der Waals surface area contributed by atoms with Crippen LogP contribution in [0.2, 0.25) is 0 Å². The van der Waals surface area contributed by atoms with Crippen molar-refractivity contribution in [3.63, 3.8) is 0 Å². The van der Waals surface area contributed by atoms with Crippen molar-refractivity contribution in [2.24, 2.45) is 0 Å². The average molecular weight is 175 g/mol. The third kappa shape index (κ3) is 2.20. The van der Waals surface area contributed by atoms with Gasteiger partial charge in [-0.05, 0) is 12.1 Å². The van der Waals surface area contributed by atoms with Crippen molar-refractivity contribution >= 4 is 11.8 Å². The van der Waals surface area contributed by atoms with Crippen molar-refractivity contribution in [3.8, 4) is 6.07 Å². The van der Waals surface area contributed by atoms with E-state index in [4.69, 9.17) is 5.26 Å². The minimum atomic E-state index is -0.692. The lowest BCUT2D eigenvalue weighted by Gasteiger charge is -2.03. The first-order chi connectivity index (χ1) is 6.27. The van der Waals surface area contributed by atoms with Crippen LogP contribution in [-0.4, -0.2) is 6.09 Å². The molecule has 1 aromatic rings. The minimum absolute atomic E-state index is 0.382. The van der Waals surface area contributed by atoms with Crippen LogP contribution in [0.15, 0.2) is 24.3 Å². The van der Waals surface area contributed by atoms with Gasteiger partial charge in [0.05, 0.1) is 11.3 Å². The van der Waals surface area contributed by atoms with Gasteiger partial charge in [-0.1, -0.05) is 12.1 Å². The van der Waals surface area contributed by atoms with E-state index in [-0.39, 0.29) is 0 Å². The van der Waals surface area contributed by atoms with Gasteiger partial charge >= 0.3 is 6.09 Å². The van der Waals surface area contributed by atoms with Crippen LogP contribution in [0.3, 0.4) is 0 Å². The summed E-state index contributed by atoms with van der Waals surface area (Å²) in [5.41, 5.74) is 0.798. The molecule has 13 heavy (non-hydrogen) atoms. The van der Waals surface area contributed by atoms with Crippen LogP contribution in [0.4, 0.5) is 10.5 Å². The molecule has 4 nitrogen and oxygen atoms in total. The van der Waals surface area contributed by atoms with Gasteiger partial charge in [-0.3, -0.25) is 5.32 Å². The van der Waals surface area contributed by atoms with Gasteiger partial charge in [0.2, 0.25) is 0 Å². The monoisotopic (exact) mass is 175 g/mol. The number of amides is 1. The molecule has 0 saturated carbocycles. The third-order valence-corrected chi connectivity index (χ3v) is 1.42. The molecule has 1 N–H and O–H groups in total. The Morgan fingerprint density at radius 2 is 2.23 bits per heavy atom. The number of ether oxygens (including phenoxy) is 1. The molecule has 4 heteroatoms. The van der Waals surface area contributed by atoms with E-state index in [1.54, 1.807) is 24.3 Å². The molecule has 0 atom stereocenters. The number of hydrogen-bond donors (Lipinski definition) is 1. The molecule has 0 fully saturated rings. The highest BCUT2D eigenvalue weighted by Crippen LogP contribution is 2.13. The van der Waals surface area contributed by atoms with Crippen LogP contribution in [0, 0.1) is 18.4 Å². The average Bonchev–Trinajstić information content (AvgIpc) is 2.18. The van der Waals surface area contributed by atoms with Crippen LogP contribution in [0.5, 0.6) is 0 Å². The van der Waals surface area contributed by atoms with Gasteiger partial charge in [-0.2, -0.15) is 5.26 Å². The molecule has 0 aromatic heterocycles. The SMILES string of the molecule is [CH2]OC(=O)Nc1ccccc1C#N. The molecule has 0 spiro atoms. The highest BCUT2D eigenvalue weighted by atomic mass is 16.5. The van der Waals surface area contributed by atoms with Gasteiger partial charge in [0.25, 0.3) is 0 Å². The number of rotatable bonds is 1. The van der Waals surface area contributed by atoms with Crippen molar-refractivity contribution in [1.82, 2.24) is 0 Å². The molecule has 1 radical (unpaired) electrons. The lowest BCUT2D eigenvalue weighted by atomic mass is 10.2. The number of nitrogens with one attached hydrogen (secondary N) is 1. The van der Waals surface area contributed by atoms with Crippen molar-refractivity contribution in [2.75, 3.05) is 5.32 Å². The van der Waals surface area contributed by atoms with Gasteiger partial charge in [0, 0.05) is 0 Å². The summed E-state index contributed by atoms with van der Waals surface area (Å²) in [7, 11) is 2.94. The van der Waals surface area contributed by atoms with E-state index in [1.807, 2.05) is 6.07 Å². The summed E-state index contributed by atoms with van der Waals surface area (Å²) in [6.07, 6.45) is -0.692. The minimum Gasteiger partial charge on any atom is -0.446 e. The summed E-state index contributed by atoms with van der Waals surface area (Å²) >= 11 is 0. The number of anilines is 1. The van der Waals surface area contributed by atoms with E-state index in [0.29, 0.717) is 11.3 Å². The van der Waals surface area contributed by atoms with Gasteiger partial charge < -0.3 is 4.74 Å². The molecule has 0 heterocycles. The Labute approximate surface area is 75.7 Å². The van der Waals surface area contributed by atoms with Crippen molar-refractivity contribution in [3.05, 3.63) is 36.9 Å². The Morgan fingerprint density at radius 1 is 1.54 bits per heavy atom. The molecule has 0 saturated heterocycles. The van der Waals surface area contributed by atoms with E-state index >= 15 is 0 Å². The smallest absolute Gasteiger partial charge is 0.411 e. The fourth-order valence-electron chi connectivity index (χ4n) is 0.836. The summed E-state index contributed by atoms with van der Waals surface area (Å²) in [5, 5.41) is 11.0. The maximum absolute atomic E-state index is 10.7. The quantitative estimate of drug-likeness (QED) is 0.708. The Bertz CT molecular complexity index is 355. The summed E-state index contributed by atoms with van der Waals surface area (Å²) in [5.74, 6) is 0. The number of carbonyl (C=O) groups is 1. The molecule has 0 unspecified atom stereocenters. The number of hydrogen-bond acceptors (Lipinski definition) is 3. The fraction of sp³-hybridized carbons (Fsp3) is 0. The maximum atomic E-state index is 10.7. The summed E-state index contributed by atoms with van der Waals surface area (Å²) in [6.45, 7) is 0. The second-order valence-corrected chi connectivity index (χ2v) is 2.21. The fourth-order valence-corrected chi connectivity index (χ4v) is 0.836. The van der Waals surface area contributed by atoms with Crippen LogP contribution >= 0.6 is 0 Å². The molecule has 1 aromatic carbocycles. The van der Waals surface area contributed by atoms with E-state index < -0.39 is 6.09 Å². The molecule has 0 aliphatic rings. The van der Waals surface area contributed by atoms with Gasteiger partial charge in [0.15, 0.2) is 0 Å². The van der Waals surface area contributed by atoms with Crippen LogP contribution in [0.1, 0.15) is 5.56 Å². The summed E-state index contributed by atoms with van der Waals surface area (Å²) in [4.78, 5) is 10.7. The van der Waals surface area contributed by atoms with Gasteiger partial charge in [-0.15, -0.1) is 0 Å². The van der Waals surface area contributed by atoms with Gasteiger partial charge in [0.1, 0.15) is 13.2 Å². The molecule has 1 rings (SSSR count). The van der Waals surface area contributed by atoms with Crippen molar-refractivity contribution in [2.45, 2.75) is 0 Å². The zero-order valence-corrected chi connectivity index (χ0v) is 6.78. The van der Waals surface area contributed by atoms with E-state index in [2.05, 4.69) is 17.2 Å². The molecule has 0 aliphatic heterocycles. The molecule has 0 bridgehead atoms. The predicted octanol–water partition coefficient (Wildman–Crippen LogP) is 1.90. The number of benzene rings is 1. The first-order valence-corrected chi connectivity index (χ1v) is 3.50. The summed E-state index contributed by atoms with van der Waals surface area (Å²) in [6, 6.07) is 8.55. The predicted molar refractivity (Wildman–Crippen MR) is 46.6 cm³/mol. The van der Waals surface area contributed by atoms with Crippen LogP contribution in [-0.2, 0) is 4.74 Å². The van der Waals surface area contributed by atoms with E-state index in [0.717, 1.165) is 0 Å². The number of para-hydroxylation sites is 1. The molecular formula is C9H7N2O2. The first-order valence-electron chi connectivity index (χ1n) is 3.50. The lowest BCUT2D eigenvalue weighted by molar-refractivity contribution is 0.199. The number of carbonyl (C=O) groups excluding carboxylic acids is 1. The van der Waals surface area contributed by atoms with Gasteiger partial charge in [-0.25, -0.2) is 4.79 Å². The lowest BCUT2D eigenvalue weighted by Crippen LogP contribution is -2.10. The van der Waals surface area contributed by atoms with Crippen LogP contribution in [0.25, 0.3) is 0 Å². The maximum Gasteiger partial charge on any atom is 0.411 e. The zero-order chi connectivity index (χ0) is 9.68. The topological polar surface area (TPSA) is 62.1 Å². The Morgan fingerprint density at radius 3 is 2.85 bits per heavy atom. The standard InChI is InChI=1S/C9H7N2O2/c1-13-9(12)11-8-5-3-2-4-7(8)6-10/h2-5H,1H2,(H,11,12). The highest BCUT2D eigenvalue weighted by Gasteiger charge is 2.04. The van der Waals surface area contributed by atoms with E-state index in [1.165, 1.54) is 0 Å². The number of nitrogens with zero attached hydrogens (tertiary/aromatic N) is 1.